The molecule has 16 rings (SSSR count). The standard InChI is InChI=1S/C44H28N2O.C30H28BNO2.CH3I.CH4/c1-3-11-33(12-4-1)45-39-17-9-7-15-35(39)36-25-23-32(28-41(36)45)30-21-19-29(20-22-30)31-24-26-42-38(27-31)43-37-16-8-10-18-40(37)46(44(43)47-42)34-13-5-2-6-14-34;1-29(2)30(3,4)34-31(33-29)23-17-14-21(15-18-23)22-16-19-26-25-12-8-9-13-27(25)32(28(26)20-22)24-10-6-5-7-11-24;1-2;/h1-28H;5-20H,1-4H3;1H3;1H4. The number of benzene rings is 11. The average Bonchev–Trinajstić information content (AvgIpc) is 1.98. The molecule has 8 heteroatoms. The Morgan fingerprint density at radius 1 is 0.321 bits per heavy atom. The summed E-state index contributed by atoms with van der Waals surface area (Å²) < 4.78 is 26.0. The Labute approximate surface area is 504 Å². The van der Waals surface area contributed by atoms with Crippen molar-refractivity contribution in [2.75, 3.05) is 4.93 Å². The van der Waals surface area contributed by atoms with Gasteiger partial charge in [0.1, 0.15) is 5.58 Å². The van der Waals surface area contributed by atoms with E-state index in [4.69, 9.17) is 13.7 Å². The molecule has 0 spiro atoms. The maximum atomic E-state index is 6.55. The average molecular weight is 1200 g/mol. The van der Waals surface area contributed by atoms with E-state index in [-0.39, 0.29) is 25.7 Å². The van der Waals surface area contributed by atoms with Crippen LogP contribution in [0.25, 0.3) is 127 Å². The first kappa shape index (κ1) is 54.3. The Bertz CT molecular complexity index is 4850. The van der Waals surface area contributed by atoms with Crippen LogP contribution in [0.3, 0.4) is 0 Å². The van der Waals surface area contributed by atoms with E-state index in [2.05, 4.69) is 325 Å². The van der Waals surface area contributed by atoms with Crippen molar-refractivity contribution in [3.05, 3.63) is 267 Å². The summed E-state index contributed by atoms with van der Waals surface area (Å²) in [6.45, 7) is 8.34. The maximum Gasteiger partial charge on any atom is 0.494 e. The zero-order chi connectivity index (χ0) is 56.4. The van der Waals surface area contributed by atoms with E-state index in [0.717, 1.165) is 38.7 Å². The first-order valence-electron chi connectivity index (χ1n) is 28.3. The van der Waals surface area contributed by atoms with Gasteiger partial charge in [0.2, 0.25) is 5.71 Å². The van der Waals surface area contributed by atoms with E-state index >= 15 is 0 Å². The van der Waals surface area contributed by atoms with Crippen LogP contribution in [0, 0.1) is 0 Å². The number of hydrogen-bond acceptors (Lipinski definition) is 3. The van der Waals surface area contributed by atoms with Crippen LogP contribution in [-0.4, -0.2) is 37.0 Å². The molecule has 1 fully saturated rings. The summed E-state index contributed by atoms with van der Waals surface area (Å²) in [5.41, 5.74) is 18.7. The number of rotatable bonds is 7. The van der Waals surface area contributed by atoms with E-state index in [1.807, 2.05) is 11.0 Å². The fraction of sp³-hybridized carbons (Fsp3) is 0.105. The third kappa shape index (κ3) is 9.30. The van der Waals surface area contributed by atoms with Gasteiger partial charge < -0.3 is 22.9 Å². The minimum atomic E-state index is -0.345. The largest absolute Gasteiger partial charge is 0.494 e. The number of alkyl halides is 1. The number of halogens is 1. The van der Waals surface area contributed by atoms with E-state index in [1.165, 1.54) is 93.8 Å². The molecule has 6 nitrogen and oxygen atoms in total. The van der Waals surface area contributed by atoms with Crippen LogP contribution < -0.4 is 5.46 Å². The minimum Gasteiger partial charge on any atom is -0.439 e. The van der Waals surface area contributed by atoms with Gasteiger partial charge in [-0.15, -0.1) is 0 Å². The Balaban J connectivity index is 0.000000158. The second-order valence-corrected chi connectivity index (χ2v) is 22.3. The van der Waals surface area contributed by atoms with Gasteiger partial charge in [-0.25, -0.2) is 0 Å². The Morgan fingerprint density at radius 2 is 0.667 bits per heavy atom. The predicted octanol–water partition coefficient (Wildman–Crippen LogP) is 20.4. The van der Waals surface area contributed by atoms with E-state index in [1.54, 1.807) is 0 Å². The molecule has 0 saturated carbocycles. The third-order valence-electron chi connectivity index (χ3n) is 17.0. The van der Waals surface area contributed by atoms with Crippen molar-refractivity contribution in [2.45, 2.75) is 46.3 Å². The number of hydrogen-bond donors (Lipinski definition) is 0. The fourth-order valence-corrected chi connectivity index (χ4v) is 12.2. The van der Waals surface area contributed by atoms with E-state index in [0.29, 0.717) is 0 Å². The first-order valence-corrected chi connectivity index (χ1v) is 30.4. The van der Waals surface area contributed by atoms with Crippen molar-refractivity contribution in [3.63, 3.8) is 0 Å². The molecular formula is C76H63BIN3O3. The summed E-state index contributed by atoms with van der Waals surface area (Å²) >= 11 is 2.15. The molecule has 410 valence electrons. The van der Waals surface area contributed by atoms with Gasteiger partial charge >= 0.3 is 7.12 Å². The lowest BCUT2D eigenvalue weighted by Crippen LogP contribution is -2.41. The molecule has 0 bridgehead atoms. The zero-order valence-electron chi connectivity index (χ0n) is 46.9. The molecule has 1 saturated heterocycles. The van der Waals surface area contributed by atoms with Gasteiger partial charge in [-0.2, -0.15) is 0 Å². The van der Waals surface area contributed by atoms with Gasteiger partial charge in [0.15, 0.2) is 0 Å². The zero-order valence-corrected chi connectivity index (χ0v) is 49.1. The van der Waals surface area contributed by atoms with Gasteiger partial charge in [0.25, 0.3) is 0 Å². The van der Waals surface area contributed by atoms with Crippen LogP contribution in [-0.2, 0) is 9.31 Å². The molecule has 1 aliphatic heterocycles. The lowest BCUT2D eigenvalue weighted by Gasteiger charge is -2.32. The lowest BCUT2D eigenvalue weighted by molar-refractivity contribution is 0.00578. The van der Waals surface area contributed by atoms with Crippen molar-refractivity contribution in [1.29, 1.82) is 0 Å². The third-order valence-corrected chi connectivity index (χ3v) is 17.0. The van der Waals surface area contributed by atoms with Crippen molar-refractivity contribution in [1.82, 2.24) is 13.7 Å². The molecule has 84 heavy (non-hydrogen) atoms. The Morgan fingerprint density at radius 3 is 1.13 bits per heavy atom. The SMILES string of the molecule is C.CC1(C)OB(c2ccc(-c3ccc4c5ccccc5n(-c5ccccc5)c4c3)cc2)OC1(C)C.CI.c1ccc(-n2c3ccccc3c3ccc(-c4ccc(-c5ccc6oc7c(c6c5)c5ccccc5n7-c5ccccc5)cc4)cc32)cc1. The van der Waals surface area contributed by atoms with Crippen LogP contribution in [0.2, 0.25) is 0 Å². The summed E-state index contributed by atoms with van der Waals surface area (Å²) in [5, 5.41) is 8.54. The topological polar surface area (TPSA) is 46.4 Å². The molecule has 11 aromatic carbocycles. The van der Waals surface area contributed by atoms with Crippen molar-refractivity contribution in [3.8, 4) is 50.4 Å². The highest BCUT2D eigenvalue weighted by Gasteiger charge is 2.51. The summed E-state index contributed by atoms with van der Waals surface area (Å²) in [5.74, 6) is 0. The predicted molar refractivity (Wildman–Crippen MR) is 364 cm³/mol. The molecule has 0 N–H and O–H groups in total. The lowest BCUT2D eigenvalue weighted by atomic mass is 9.78. The highest BCUT2D eigenvalue weighted by Crippen LogP contribution is 2.42. The molecule has 0 atom stereocenters. The molecule has 0 amide bonds. The van der Waals surface area contributed by atoms with E-state index < -0.39 is 0 Å². The number of nitrogens with zero attached hydrogens (tertiary/aromatic N) is 3. The second kappa shape index (κ2) is 22.0. The maximum absolute atomic E-state index is 6.55. The van der Waals surface area contributed by atoms with Crippen LogP contribution in [0.4, 0.5) is 0 Å². The van der Waals surface area contributed by atoms with Crippen molar-refractivity contribution in [2.24, 2.45) is 0 Å². The highest BCUT2D eigenvalue weighted by atomic mass is 127. The minimum absolute atomic E-state index is 0. The van der Waals surface area contributed by atoms with Crippen molar-refractivity contribution >= 4 is 112 Å². The van der Waals surface area contributed by atoms with Gasteiger partial charge in [0, 0.05) is 49.4 Å². The fourth-order valence-electron chi connectivity index (χ4n) is 12.2. The smallest absolute Gasteiger partial charge is 0.439 e. The number of para-hydroxylation sites is 6. The highest BCUT2D eigenvalue weighted by molar-refractivity contribution is 14.1. The molecule has 0 unspecified atom stereocenters. The van der Waals surface area contributed by atoms with Crippen LogP contribution >= 0.6 is 22.6 Å². The van der Waals surface area contributed by atoms with Crippen molar-refractivity contribution < 1.29 is 13.7 Å². The molecule has 5 heterocycles. The summed E-state index contributed by atoms with van der Waals surface area (Å²) in [7, 11) is -0.345. The summed E-state index contributed by atoms with van der Waals surface area (Å²) in [6, 6.07) is 95.2. The second-order valence-electron chi connectivity index (χ2n) is 22.3. The molecule has 1 aliphatic rings. The first-order chi connectivity index (χ1) is 40.7. The van der Waals surface area contributed by atoms with Gasteiger partial charge in [-0.1, -0.05) is 218 Å². The number of aromatic nitrogens is 3. The Hall–Kier alpha value is -8.93. The molecule has 0 radical (unpaired) electrons. The normalized spacial score (nSPS) is 13.6. The number of furan rings is 1. The molecule has 15 aromatic rings. The quantitative estimate of drug-likeness (QED) is 0.0908. The summed E-state index contributed by atoms with van der Waals surface area (Å²) in [6.07, 6.45) is 0. The molecule has 0 aliphatic carbocycles. The van der Waals surface area contributed by atoms with Gasteiger partial charge in [-0.3, -0.25) is 4.57 Å². The van der Waals surface area contributed by atoms with E-state index in [9.17, 15) is 0 Å². The van der Waals surface area contributed by atoms with Crippen LogP contribution in [0.5, 0.6) is 0 Å². The monoisotopic (exact) mass is 1200 g/mol. The van der Waals surface area contributed by atoms with Gasteiger partial charge in [-0.05, 0) is 150 Å². The van der Waals surface area contributed by atoms with Gasteiger partial charge in [0.05, 0.1) is 44.2 Å². The summed E-state index contributed by atoms with van der Waals surface area (Å²) in [4.78, 5) is 1.97. The molecule has 4 aromatic heterocycles. The van der Waals surface area contributed by atoms with Crippen LogP contribution in [0.1, 0.15) is 35.1 Å². The Kier molecular flexibility index (Phi) is 14.2. The number of fused-ring (bicyclic) bond motifs is 11. The molecular weight excluding hydrogens is 1140 g/mol. The van der Waals surface area contributed by atoms with Crippen LogP contribution in [0.15, 0.2) is 271 Å².